The number of piperazine rings is 1. The van der Waals surface area contributed by atoms with Crippen LogP contribution >= 0.6 is 0 Å². The fourth-order valence-corrected chi connectivity index (χ4v) is 7.58. The Bertz CT molecular complexity index is 1160. The number of rotatable bonds is 4. The summed E-state index contributed by atoms with van der Waals surface area (Å²) in [6.07, 6.45) is 2.76. The van der Waals surface area contributed by atoms with Crippen molar-refractivity contribution in [2.45, 2.75) is 55.6 Å². The van der Waals surface area contributed by atoms with E-state index in [2.05, 4.69) is 0 Å². The molecule has 32 heavy (non-hydrogen) atoms. The Kier molecular flexibility index (Phi) is 5.17. The first-order valence-electron chi connectivity index (χ1n) is 11.0. The van der Waals surface area contributed by atoms with Gasteiger partial charge in [0.1, 0.15) is 17.5 Å². The summed E-state index contributed by atoms with van der Waals surface area (Å²) in [5, 5.41) is 0. The fourth-order valence-electron chi connectivity index (χ4n) is 5.64. The average Bonchev–Trinajstić information content (AvgIpc) is 2.80. The van der Waals surface area contributed by atoms with Crippen LogP contribution in [0.2, 0.25) is 0 Å². The van der Waals surface area contributed by atoms with Gasteiger partial charge in [0.2, 0.25) is 15.9 Å². The van der Waals surface area contributed by atoms with E-state index in [0.29, 0.717) is 37.3 Å². The van der Waals surface area contributed by atoms with E-state index in [1.165, 1.54) is 4.31 Å². The molecule has 5 rings (SSSR count). The molecule has 170 valence electrons. The quantitative estimate of drug-likeness (QED) is 0.707. The summed E-state index contributed by atoms with van der Waals surface area (Å²) < 4.78 is 40.3. The van der Waals surface area contributed by atoms with Gasteiger partial charge in [0, 0.05) is 18.2 Å². The number of nitrogens with zero attached hydrogens (tertiary/aromatic N) is 2. The lowest BCUT2D eigenvalue weighted by Crippen LogP contribution is -2.67. The van der Waals surface area contributed by atoms with Crippen molar-refractivity contribution < 1.29 is 22.7 Å². The number of fused-ring (bicyclic) bond motifs is 6. The van der Waals surface area contributed by atoms with Gasteiger partial charge in [0.25, 0.3) is 0 Å². The van der Waals surface area contributed by atoms with Gasteiger partial charge >= 0.3 is 0 Å². The molecule has 0 saturated carbocycles. The Balaban J connectivity index is 1.67. The predicted molar refractivity (Wildman–Crippen MR) is 119 cm³/mol. The number of hydrogen-bond acceptors (Lipinski definition) is 5. The van der Waals surface area contributed by atoms with E-state index in [4.69, 9.17) is 9.47 Å². The topological polar surface area (TPSA) is 76.2 Å². The molecular weight excluding hydrogens is 428 g/mol. The zero-order chi connectivity index (χ0) is 22.6. The molecule has 0 radical (unpaired) electrons. The lowest BCUT2D eigenvalue weighted by molar-refractivity contribution is -0.150. The van der Waals surface area contributed by atoms with Gasteiger partial charge in [-0.2, -0.15) is 4.31 Å². The van der Waals surface area contributed by atoms with Crippen LogP contribution in [0.1, 0.15) is 42.0 Å². The third-order valence-corrected chi connectivity index (χ3v) is 8.95. The van der Waals surface area contributed by atoms with Gasteiger partial charge in [-0.15, -0.1) is 0 Å². The minimum atomic E-state index is -3.84. The molecule has 3 aliphatic heterocycles. The van der Waals surface area contributed by atoms with Crippen LogP contribution in [-0.2, 0) is 21.2 Å². The van der Waals surface area contributed by atoms with E-state index in [1.54, 1.807) is 32.4 Å². The number of ether oxygens (including phenoxy) is 2. The highest BCUT2D eigenvalue weighted by atomic mass is 32.2. The maximum atomic E-state index is 13.8. The second-order valence-electron chi connectivity index (χ2n) is 8.79. The molecule has 8 heteroatoms. The maximum Gasteiger partial charge on any atom is 0.244 e. The highest BCUT2D eigenvalue weighted by Gasteiger charge is 2.55. The Hall–Kier alpha value is -2.58. The summed E-state index contributed by atoms with van der Waals surface area (Å²) in [6, 6.07) is 9.37. The first-order chi connectivity index (χ1) is 15.4. The largest absolute Gasteiger partial charge is 0.497 e. The van der Waals surface area contributed by atoms with Crippen LogP contribution in [0.25, 0.3) is 0 Å². The molecule has 0 aliphatic carbocycles. The molecule has 2 bridgehead atoms. The van der Waals surface area contributed by atoms with Crippen LogP contribution in [0.15, 0.2) is 41.3 Å². The normalized spacial score (nSPS) is 25.2. The summed E-state index contributed by atoms with van der Waals surface area (Å²) in [5.74, 6) is 1.23. The van der Waals surface area contributed by atoms with Gasteiger partial charge in [0.15, 0.2) is 0 Å². The van der Waals surface area contributed by atoms with Crippen LogP contribution in [0.5, 0.6) is 11.5 Å². The predicted octanol–water partition coefficient (Wildman–Crippen LogP) is 3.06. The van der Waals surface area contributed by atoms with E-state index in [9.17, 15) is 13.2 Å². The lowest BCUT2D eigenvalue weighted by Gasteiger charge is -2.54. The first-order valence-corrected chi connectivity index (χ1v) is 12.5. The molecule has 7 nitrogen and oxygen atoms in total. The van der Waals surface area contributed by atoms with Crippen molar-refractivity contribution in [3.05, 3.63) is 53.1 Å². The summed E-state index contributed by atoms with van der Waals surface area (Å²) in [5.41, 5.74) is 2.83. The van der Waals surface area contributed by atoms with Gasteiger partial charge in [-0.1, -0.05) is 12.1 Å². The van der Waals surface area contributed by atoms with E-state index in [0.717, 1.165) is 23.1 Å². The van der Waals surface area contributed by atoms with Crippen LogP contribution in [0, 0.1) is 6.92 Å². The zero-order valence-electron chi connectivity index (χ0n) is 18.6. The molecular formula is C24H28N2O5S. The monoisotopic (exact) mass is 456 g/mol. The van der Waals surface area contributed by atoms with Crippen LogP contribution in [-0.4, -0.2) is 56.4 Å². The molecule has 3 aliphatic rings. The summed E-state index contributed by atoms with van der Waals surface area (Å²) in [4.78, 5) is 15.7. The third-order valence-electron chi connectivity index (χ3n) is 7.02. The Morgan fingerprint density at radius 1 is 1.06 bits per heavy atom. The number of aryl methyl sites for hydroxylation is 1. The van der Waals surface area contributed by atoms with Gasteiger partial charge in [-0.25, -0.2) is 8.42 Å². The second-order valence-corrected chi connectivity index (χ2v) is 10.6. The molecule has 2 aromatic rings. The standard InChI is InChI=1S/C24H28N2O5S/c1-15-6-4-7-18(12-15)32(28,29)26-19-8-5-9-20(26)24(27)25-11-10-16-13-17(30-2)14-21(31-3)22(16)23(19)25/h4,6-7,12-14,19-20,23H,5,8-11H2,1-3H3/t19?,20-,23-/m0/s1. The van der Waals surface area contributed by atoms with E-state index < -0.39 is 16.1 Å². The number of methoxy groups -OCH3 is 2. The van der Waals surface area contributed by atoms with Crippen LogP contribution < -0.4 is 9.47 Å². The number of amides is 1. The molecule has 3 atom stereocenters. The molecule has 1 unspecified atom stereocenters. The summed E-state index contributed by atoms with van der Waals surface area (Å²) in [6.45, 7) is 2.44. The molecule has 3 heterocycles. The smallest absolute Gasteiger partial charge is 0.244 e. The van der Waals surface area contributed by atoms with Crippen molar-refractivity contribution in [1.82, 2.24) is 9.21 Å². The summed E-state index contributed by atoms with van der Waals surface area (Å²) >= 11 is 0. The van der Waals surface area contributed by atoms with Crippen LogP contribution in [0.4, 0.5) is 0 Å². The third kappa shape index (κ3) is 3.11. The lowest BCUT2D eigenvalue weighted by atomic mass is 9.79. The van der Waals surface area contributed by atoms with Crippen molar-refractivity contribution in [2.24, 2.45) is 0 Å². The Morgan fingerprint density at radius 3 is 2.59 bits per heavy atom. The molecule has 2 aromatic carbocycles. The zero-order valence-corrected chi connectivity index (χ0v) is 19.4. The number of sulfonamides is 1. The molecule has 2 saturated heterocycles. The van der Waals surface area contributed by atoms with Gasteiger partial charge < -0.3 is 14.4 Å². The Morgan fingerprint density at radius 2 is 1.88 bits per heavy atom. The maximum absolute atomic E-state index is 13.8. The SMILES string of the molecule is COc1cc2c(c(OC)c1)[C@@H]1C3CCC[C@@H](C(=O)N1CC2)N3S(=O)(=O)c1cccc(C)c1. The number of piperidine rings is 1. The highest BCUT2D eigenvalue weighted by molar-refractivity contribution is 7.89. The second kappa shape index (κ2) is 7.78. The van der Waals surface area contributed by atoms with Crippen molar-refractivity contribution in [1.29, 1.82) is 0 Å². The van der Waals surface area contributed by atoms with E-state index in [1.807, 2.05) is 30.0 Å². The van der Waals surface area contributed by atoms with Crippen LogP contribution in [0.3, 0.4) is 0 Å². The first kappa shape index (κ1) is 21.3. The number of carbonyl (C=O) groups excluding carboxylic acids is 1. The van der Waals surface area contributed by atoms with Gasteiger partial charge in [-0.3, -0.25) is 4.79 Å². The molecule has 0 N–H and O–H groups in total. The van der Waals surface area contributed by atoms with E-state index >= 15 is 0 Å². The van der Waals surface area contributed by atoms with Crippen molar-refractivity contribution in [2.75, 3.05) is 20.8 Å². The minimum Gasteiger partial charge on any atom is -0.497 e. The van der Waals surface area contributed by atoms with Crippen molar-refractivity contribution in [3.8, 4) is 11.5 Å². The molecule has 1 amide bonds. The van der Waals surface area contributed by atoms with Gasteiger partial charge in [-0.05, 0) is 61.9 Å². The number of carbonyl (C=O) groups is 1. The number of benzene rings is 2. The fraction of sp³-hybridized carbons (Fsp3) is 0.458. The molecule has 2 fully saturated rings. The van der Waals surface area contributed by atoms with E-state index in [-0.39, 0.29) is 22.9 Å². The minimum absolute atomic E-state index is 0.106. The molecule has 0 spiro atoms. The Labute approximate surface area is 189 Å². The number of hydrogen-bond donors (Lipinski definition) is 0. The van der Waals surface area contributed by atoms with Gasteiger partial charge in [0.05, 0.1) is 31.2 Å². The highest BCUT2D eigenvalue weighted by Crippen LogP contribution is 2.49. The molecule has 0 aromatic heterocycles. The van der Waals surface area contributed by atoms with Crippen molar-refractivity contribution in [3.63, 3.8) is 0 Å². The summed E-state index contributed by atoms with van der Waals surface area (Å²) in [7, 11) is -0.628. The average molecular weight is 457 g/mol. The van der Waals surface area contributed by atoms with Crippen molar-refractivity contribution >= 4 is 15.9 Å².